The number of carbonyl (C=O) groups is 2. The Morgan fingerprint density at radius 2 is 1.71 bits per heavy atom. The van der Waals surface area contributed by atoms with E-state index in [2.05, 4.69) is 34.6 Å². The summed E-state index contributed by atoms with van der Waals surface area (Å²) in [6.07, 6.45) is 4.26. The zero-order valence-corrected chi connectivity index (χ0v) is 14.2. The van der Waals surface area contributed by atoms with Crippen LogP contribution in [0.3, 0.4) is 0 Å². The molecule has 1 atom stereocenters. The Bertz CT molecular complexity index is 665. The lowest BCUT2D eigenvalue weighted by Crippen LogP contribution is -2.24. The van der Waals surface area contributed by atoms with Crippen LogP contribution in [-0.2, 0) is 9.59 Å². The normalized spacial score (nSPS) is 12.0. The first kappa shape index (κ1) is 17.7. The average molecular weight is 329 g/mol. The zero-order chi connectivity index (χ0) is 17.5. The van der Waals surface area contributed by atoms with E-state index in [0.29, 0.717) is 23.7 Å². The second-order valence-electron chi connectivity index (χ2n) is 6.10. The lowest BCUT2D eigenvalue weighted by atomic mass is 10.1. The van der Waals surface area contributed by atoms with Crippen LogP contribution >= 0.6 is 0 Å². The summed E-state index contributed by atoms with van der Waals surface area (Å²) in [6.45, 7) is 5.92. The van der Waals surface area contributed by atoms with Crippen molar-refractivity contribution in [3.63, 3.8) is 0 Å². The molecule has 0 bridgehead atoms. The SMILES string of the molecule is CC(C)CCC(=O)Nc1ccc(NC(=O)C(C)n2cncn2)cc1. The standard InChI is InChI=1S/C17H23N5O2/c1-12(2)4-9-16(23)20-14-5-7-15(8-6-14)21-17(24)13(3)22-11-18-10-19-22/h5-8,10-13H,4,9H2,1-3H3,(H,20,23)(H,21,24). The maximum atomic E-state index is 12.2. The van der Waals surface area contributed by atoms with Crippen LogP contribution in [0.15, 0.2) is 36.9 Å². The number of hydrogen-bond donors (Lipinski definition) is 2. The van der Waals surface area contributed by atoms with E-state index < -0.39 is 6.04 Å². The van der Waals surface area contributed by atoms with Gasteiger partial charge in [-0.25, -0.2) is 9.67 Å². The molecule has 0 radical (unpaired) electrons. The van der Waals surface area contributed by atoms with E-state index in [-0.39, 0.29) is 11.8 Å². The number of anilines is 2. The molecule has 2 rings (SSSR count). The minimum absolute atomic E-state index is 0.000268. The molecule has 1 aromatic heterocycles. The van der Waals surface area contributed by atoms with E-state index in [9.17, 15) is 9.59 Å². The quantitative estimate of drug-likeness (QED) is 0.817. The molecule has 128 valence electrons. The highest BCUT2D eigenvalue weighted by molar-refractivity contribution is 5.94. The molecule has 0 saturated carbocycles. The van der Waals surface area contributed by atoms with Crippen molar-refractivity contribution in [2.75, 3.05) is 10.6 Å². The largest absolute Gasteiger partial charge is 0.326 e. The summed E-state index contributed by atoms with van der Waals surface area (Å²) in [5, 5.41) is 9.61. The highest BCUT2D eigenvalue weighted by Gasteiger charge is 2.15. The fourth-order valence-electron chi connectivity index (χ4n) is 2.06. The van der Waals surface area contributed by atoms with E-state index in [1.807, 2.05) is 0 Å². The van der Waals surface area contributed by atoms with Crippen molar-refractivity contribution in [3.05, 3.63) is 36.9 Å². The molecule has 1 unspecified atom stereocenters. The number of carbonyl (C=O) groups excluding carboxylic acids is 2. The third-order valence-corrected chi connectivity index (χ3v) is 3.60. The molecule has 1 heterocycles. The van der Waals surface area contributed by atoms with Crippen LogP contribution in [0.2, 0.25) is 0 Å². The number of benzene rings is 1. The van der Waals surface area contributed by atoms with Gasteiger partial charge in [0, 0.05) is 17.8 Å². The lowest BCUT2D eigenvalue weighted by Gasteiger charge is -2.12. The summed E-state index contributed by atoms with van der Waals surface area (Å²) < 4.78 is 1.48. The molecule has 7 heteroatoms. The Hall–Kier alpha value is -2.70. The van der Waals surface area contributed by atoms with Gasteiger partial charge in [0.15, 0.2) is 0 Å². The van der Waals surface area contributed by atoms with E-state index in [0.717, 1.165) is 6.42 Å². The molecule has 24 heavy (non-hydrogen) atoms. The van der Waals surface area contributed by atoms with Gasteiger partial charge in [0.05, 0.1) is 0 Å². The van der Waals surface area contributed by atoms with Gasteiger partial charge in [-0.3, -0.25) is 9.59 Å². The van der Waals surface area contributed by atoms with Crippen LogP contribution in [0.1, 0.15) is 39.7 Å². The molecule has 0 saturated heterocycles. The van der Waals surface area contributed by atoms with Crippen molar-refractivity contribution in [2.45, 2.75) is 39.7 Å². The van der Waals surface area contributed by atoms with Crippen LogP contribution < -0.4 is 10.6 Å². The van der Waals surface area contributed by atoms with Crippen molar-refractivity contribution in [1.29, 1.82) is 0 Å². The van der Waals surface area contributed by atoms with Crippen LogP contribution in [-0.4, -0.2) is 26.6 Å². The minimum Gasteiger partial charge on any atom is -0.326 e. The highest BCUT2D eigenvalue weighted by Crippen LogP contribution is 2.16. The predicted molar refractivity (Wildman–Crippen MR) is 92.5 cm³/mol. The number of amides is 2. The summed E-state index contributed by atoms with van der Waals surface area (Å²) in [5.41, 5.74) is 1.37. The van der Waals surface area contributed by atoms with Crippen molar-refractivity contribution < 1.29 is 9.59 Å². The third-order valence-electron chi connectivity index (χ3n) is 3.60. The van der Waals surface area contributed by atoms with Gasteiger partial charge in [-0.15, -0.1) is 0 Å². The van der Waals surface area contributed by atoms with E-state index in [1.54, 1.807) is 31.2 Å². The molecule has 2 amide bonds. The van der Waals surface area contributed by atoms with E-state index in [1.165, 1.54) is 17.3 Å². The number of rotatable bonds is 7. The first-order chi connectivity index (χ1) is 11.5. The maximum Gasteiger partial charge on any atom is 0.249 e. The van der Waals surface area contributed by atoms with E-state index >= 15 is 0 Å². The summed E-state index contributed by atoms with van der Waals surface area (Å²) in [6, 6.07) is 6.59. The number of nitrogens with one attached hydrogen (secondary N) is 2. The molecule has 0 aliphatic heterocycles. The molecular weight excluding hydrogens is 306 g/mol. The summed E-state index contributed by atoms with van der Waals surface area (Å²) in [4.78, 5) is 27.8. The molecule has 2 aromatic rings. The predicted octanol–water partition coefficient (Wildman–Crippen LogP) is 2.85. The topological polar surface area (TPSA) is 88.9 Å². The molecule has 0 fully saturated rings. The monoisotopic (exact) mass is 329 g/mol. The number of aromatic nitrogens is 3. The molecule has 2 N–H and O–H groups in total. The van der Waals surface area contributed by atoms with Gasteiger partial charge in [0.25, 0.3) is 0 Å². The number of nitrogens with zero attached hydrogens (tertiary/aromatic N) is 3. The molecular formula is C17H23N5O2. The number of hydrogen-bond acceptors (Lipinski definition) is 4. The first-order valence-corrected chi connectivity index (χ1v) is 8.00. The Morgan fingerprint density at radius 3 is 2.25 bits per heavy atom. The molecule has 0 aliphatic rings. The van der Waals surface area contributed by atoms with Crippen LogP contribution in [0, 0.1) is 5.92 Å². The first-order valence-electron chi connectivity index (χ1n) is 8.00. The fraction of sp³-hybridized carbons (Fsp3) is 0.412. The van der Waals surface area contributed by atoms with Crippen LogP contribution in [0.4, 0.5) is 11.4 Å². The molecule has 0 aliphatic carbocycles. The van der Waals surface area contributed by atoms with Crippen molar-refractivity contribution in [3.8, 4) is 0 Å². The van der Waals surface area contributed by atoms with Crippen LogP contribution in [0.5, 0.6) is 0 Å². The van der Waals surface area contributed by atoms with Gasteiger partial charge in [-0.05, 0) is 43.5 Å². The molecule has 7 nitrogen and oxygen atoms in total. The van der Waals surface area contributed by atoms with Gasteiger partial charge in [0.2, 0.25) is 11.8 Å². The van der Waals surface area contributed by atoms with Crippen molar-refractivity contribution in [2.24, 2.45) is 5.92 Å². The Morgan fingerprint density at radius 1 is 1.08 bits per heavy atom. The van der Waals surface area contributed by atoms with Gasteiger partial charge in [0.1, 0.15) is 18.7 Å². The van der Waals surface area contributed by atoms with Crippen LogP contribution in [0.25, 0.3) is 0 Å². The summed E-state index contributed by atoms with van der Waals surface area (Å²) in [7, 11) is 0. The van der Waals surface area contributed by atoms with Gasteiger partial charge >= 0.3 is 0 Å². The molecule has 1 aromatic carbocycles. The Labute approximate surface area is 141 Å². The summed E-state index contributed by atoms with van der Waals surface area (Å²) in [5.74, 6) is 0.315. The Kier molecular flexibility index (Phi) is 6.06. The van der Waals surface area contributed by atoms with Crippen molar-refractivity contribution >= 4 is 23.2 Å². The highest BCUT2D eigenvalue weighted by atomic mass is 16.2. The van der Waals surface area contributed by atoms with Gasteiger partial charge in [-0.1, -0.05) is 13.8 Å². The smallest absolute Gasteiger partial charge is 0.249 e. The minimum atomic E-state index is -0.456. The van der Waals surface area contributed by atoms with Gasteiger partial charge in [-0.2, -0.15) is 5.10 Å². The van der Waals surface area contributed by atoms with Gasteiger partial charge < -0.3 is 10.6 Å². The average Bonchev–Trinajstić information content (AvgIpc) is 3.08. The van der Waals surface area contributed by atoms with E-state index in [4.69, 9.17) is 0 Å². The lowest BCUT2D eigenvalue weighted by molar-refractivity contribution is -0.119. The zero-order valence-electron chi connectivity index (χ0n) is 14.2. The third kappa shape index (κ3) is 5.19. The second-order valence-corrected chi connectivity index (χ2v) is 6.10. The molecule has 0 spiro atoms. The van der Waals surface area contributed by atoms with Crippen molar-refractivity contribution in [1.82, 2.24) is 14.8 Å². The fourth-order valence-corrected chi connectivity index (χ4v) is 2.06. The summed E-state index contributed by atoms with van der Waals surface area (Å²) >= 11 is 0. The second kappa shape index (κ2) is 8.24. The maximum absolute atomic E-state index is 12.2. The Balaban J connectivity index is 1.87.